The summed E-state index contributed by atoms with van der Waals surface area (Å²) in [6, 6.07) is 8.62. The molecule has 0 radical (unpaired) electrons. The van der Waals surface area contributed by atoms with Gasteiger partial charge in [-0.1, -0.05) is 29.1 Å². The zero-order valence-corrected chi connectivity index (χ0v) is 14.4. The zero-order valence-electron chi connectivity index (χ0n) is 13.5. The average molecular weight is 371 g/mol. The number of para-hydroxylation sites is 1. The largest absolute Gasteiger partial charge is 0.360 e. The smallest absolute Gasteiger partial charge is 0.281 e. The van der Waals surface area contributed by atoms with Crippen LogP contribution >= 0.6 is 11.8 Å². The Morgan fingerprint density at radius 3 is 2.92 bits per heavy atom. The topological polar surface area (TPSA) is 133 Å². The van der Waals surface area contributed by atoms with Gasteiger partial charge >= 0.3 is 0 Å². The number of carbonyl (C=O) groups is 1. The minimum absolute atomic E-state index is 0.0741. The maximum atomic E-state index is 12.3. The highest BCUT2D eigenvalue weighted by atomic mass is 32.2. The molecule has 10 nitrogen and oxygen atoms in total. The van der Waals surface area contributed by atoms with Crippen LogP contribution in [0, 0.1) is 6.92 Å². The van der Waals surface area contributed by atoms with Gasteiger partial charge in [0.25, 0.3) is 11.3 Å². The van der Waals surface area contributed by atoms with Crippen molar-refractivity contribution in [1.29, 1.82) is 0 Å². The van der Waals surface area contributed by atoms with E-state index < -0.39 is 0 Å². The Morgan fingerprint density at radius 2 is 2.15 bits per heavy atom. The maximum absolute atomic E-state index is 12.3. The van der Waals surface area contributed by atoms with Crippen molar-refractivity contribution in [3.63, 3.8) is 0 Å². The molecule has 1 aromatic carbocycles. The van der Waals surface area contributed by atoms with Crippen molar-refractivity contribution in [2.45, 2.75) is 12.1 Å². The van der Waals surface area contributed by atoms with Crippen LogP contribution in [0.3, 0.4) is 0 Å². The quantitative estimate of drug-likeness (QED) is 0.397. The van der Waals surface area contributed by atoms with Crippen LogP contribution in [0.1, 0.15) is 5.76 Å². The molecule has 3 N–H and O–H groups in total. The molecule has 0 aliphatic carbocycles. The van der Waals surface area contributed by atoms with Crippen LogP contribution in [0.2, 0.25) is 0 Å². The monoisotopic (exact) mass is 371 g/mol. The third-order valence-electron chi connectivity index (χ3n) is 3.65. The van der Waals surface area contributed by atoms with E-state index in [0.717, 1.165) is 4.68 Å². The van der Waals surface area contributed by atoms with E-state index in [9.17, 15) is 9.59 Å². The molecule has 4 aromatic rings. The lowest BCUT2D eigenvalue weighted by molar-refractivity contribution is -0.113. The second kappa shape index (κ2) is 6.19. The molecule has 1 amide bonds. The second-order valence-electron chi connectivity index (χ2n) is 5.47. The van der Waals surface area contributed by atoms with E-state index in [2.05, 4.69) is 20.7 Å². The van der Waals surface area contributed by atoms with Crippen LogP contribution in [-0.4, -0.2) is 36.1 Å². The number of nitrogens with two attached hydrogens (primary N) is 1. The van der Waals surface area contributed by atoms with Crippen LogP contribution in [-0.2, 0) is 4.79 Å². The predicted octanol–water partition coefficient (Wildman–Crippen LogP) is 0.785. The first kappa shape index (κ1) is 16.1. The summed E-state index contributed by atoms with van der Waals surface area (Å²) in [5.74, 6) is 6.78. The fraction of sp³-hybridized carbons (Fsp3) is 0.133. The van der Waals surface area contributed by atoms with Gasteiger partial charge in [-0.3, -0.25) is 14.0 Å². The van der Waals surface area contributed by atoms with Gasteiger partial charge in [-0.15, -0.1) is 10.2 Å². The Kier molecular flexibility index (Phi) is 3.84. The third kappa shape index (κ3) is 2.67. The van der Waals surface area contributed by atoms with Gasteiger partial charge in [-0.05, 0) is 19.1 Å². The van der Waals surface area contributed by atoms with Gasteiger partial charge in [-0.2, -0.15) is 4.68 Å². The number of amides is 1. The molecule has 3 heterocycles. The van der Waals surface area contributed by atoms with Crippen molar-refractivity contribution >= 4 is 40.2 Å². The summed E-state index contributed by atoms with van der Waals surface area (Å²) >= 11 is 1.17. The lowest BCUT2D eigenvalue weighted by atomic mass is 10.2. The van der Waals surface area contributed by atoms with Crippen LogP contribution in [0.5, 0.6) is 0 Å². The van der Waals surface area contributed by atoms with Crippen molar-refractivity contribution in [2.75, 3.05) is 16.9 Å². The van der Waals surface area contributed by atoms with E-state index in [4.69, 9.17) is 10.4 Å². The maximum Gasteiger partial charge on any atom is 0.281 e. The Balaban J connectivity index is 1.65. The Labute approximate surface area is 149 Å². The summed E-state index contributed by atoms with van der Waals surface area (Å²) in [4.78, 5) is 24.4. The number of anilines is 1. The van der Waals surface area contributed by atoms with Crippen molar-refractivity contribution < 1.29 is 9.32 Å². The number of nitrogen functional groups attached to an aromatic ring is 1. The average Bonchev–Trinajstić information content (AvgIpc) is 3.24. The standard InChI is InChI=1S/C15H13N7O3S/c1-8-6-11(20-25-8)17-12(23)7-26-15-19-18-14-21(15)10-5-3-2-4-9(10)13(24)22(14)16/h2-6H,7,16H2,1H3,(H,17,20,23). The molecule has 0 aliphatic rings. The molecule has 3 aromatic heterocycles. The normalized spacial score (nSPS) is 11.3. The van der Waals surface area contributed by atoms with E-state index in [1.54, 1.807) is 41.7 Å². The molecule has 0 saturated carbocycles. The summed E-state index contributed by atoms with van der Waals surface area (Å²) in [6.07, 6.45) is 0. The molecule has 0 saturated heterocycles. The highest BCUT2D eigenvalue weighted by Crippen LogP contribution is 2.21. The summed E-state index contributed by atoms with van der Waals surface area (Å²) in [5, 5.41) is 15.2. The number of nitrogens with one attached hydrogen (secondary N) is 1. The Morgan fingerprint density at radius 1 is 1.35 bits per heavy atom. The third-order valence-corrected chi connectivity index (χ3v) is 4.58. The molecule has 4 rings (SSSR count). The first-order chi connectivity index (χ1) is 12.5. The molecule has 0 unspecified atom stereocenters. The van der Waals surface area contributed by atoms with Gasteiger partial charge < -0.3 is 15.7 Å². The van der Waals surface area contributed by atoms with Gasteiger partial charge in [0.05, 0.1) is 16.7 Å². The number of fused-ring (bicyclic) bond motifs is 3. The Bertz CT molecular complexity index is 1190. The van der Waals surface area contributed by atoms with Crippen LogP contribution in [0.4, 0.5) is 5.82 Å². The lowest BCUT2D eigenvalue weighted by Crippen LogP contribution is -2.29. The van der Waals surface area contributed by atoms with E-state index in [0.29, 0.717) is 27.6 Å². The summed E-state index contributed by atoms with van der Waals surface area (Å²) in [6.45, 7) is 1.73. The second-order valence-corrected chi connectivity index (χ2v) is 6.41. The highest BCUT2D eigenvalue weighted by Gasteiger charge is 2.16. The van der Waals surface area contributed by atoms with Crippen molar-refractivity contribution in [1.82, 2.24) is 24.4 Å². The predicted molar refractivity (Wildman–Crippen MR) is 95.5 cm³/mol. The number of aryl methyl sites for hydroxylation is 1. The summed E-state index contributed by atoms with van der Waals surface area (Å²) in [5.41, 5.74) is 0.255. The van der Waals surface area contributed by atoms with Crippen LogP contribution in [0.25, 0.3) is 16.7 Å². The molecule has 0 aliphatic heterocycles. The number of benzene rings is 1. The van der Waals surface area contributed by atoms with E-state index >= 15 is 0 Å². The number of hydrogen-bond acceptors (Lipinski definition) is 8. The van der Waals surface area contributed by atoms with Crippen molar-refractivity contribution in [3.05, 3.63) is 46.4 Å². The first-order valence-electron chi connectivity index (χ1n) is 7.54. The summed E-state index contributed by atoms with van der Waals surface area (Å²) < 4.78 is 7.49. The van der Waals surface area contributed by atoms with Gasteiger partial charge in [0.1, 0.15) is 5.76 Å². The van der Waals surface area contributed by atoms with Crippen molar-refractivity contribution in [2.24, 2.45) is 0 Å². The first-order valence-corrected chi connectivity index (χ1v) is 8.53. The number of thioether (sulfide) groups is 1. The van der Waals surface area contributed by atoms with E-state index in [-0.39, 0.29) is 23.0 Å². The molecule has 0 bridgehead atoms. The number of aromatic nitrogens is 5. The zero-order chi connectivity index (χ0) is 18.3. The summed E-state index contributed by atoms with van der Waals surface area (Å²) in [7, 11) is 0. The minimum Gasteiger partial charge on any atom is -0.360 e. The molecule has 0 spiro atoms. The fourth-order valence-corrected chi connectivity index (χ4v) is 3.27. The molecule has 0 atom stereocenters. The molecular formula is C15H13N7O3S. The van der Waals surface area contributed by atoms with E-state index in [1.165, 1.54) is 11.8 Å². The fourth-order valence-electron chi connectivity index (χ4n) is 2.53. The Hall–Kier alpha value is -3.34. The highest BCUT2D eigenvalue weighted by molar-refractivity contribution is 7.99. The van der Waals surface area contributed by atoms with E-state index in [1.807, 2.05) is 0 Å². The van der Waals surface area contributed by atoms with Gasteiger partial charge in [0, 0.05) is 6.07 Å². The van der Waals surface area contributed by atoms with Crippen molar-refractivity contribution in [3.8, 4) is 0 Å². The molecule has 11 heteroatoms. The minimum atomic E-state index is -0.365. The molecular weight excluding hydrogens is 358 g/mol. The number of hydrogen-bond donors (Lipinski definition) is 2. The van der Waals surface area contributed by atoms with Gasteiger partial charge in [0.2, 0.25) is 5.91 Å². The molecule has 0 fully saturated rings. The van der Waals surface area contributed by atoms with Crippen LogP contribution in [0.15, 0.2) is 44.8 Å². The SMILES string of the molecule is Cc1cc(NC(=O)CSc2nnc3n(N)c(=O)c4ccccc4n23)no1. The lowest BCUT2D eigenvalue weighted by Gasteiger charge is -2.07. The van der Waals surface area contributed by atoms with Gasteiger partial charge in [0.15, 0.2) is 11.0 Å². The van der Waals surface area contributed by atoms with Crippen LogP contribution < -0.4 is 16.7 Å². The number of rotatable bonds is 4. The number of nitrogens with zero attached hydrogens (tertiary/aromatic N) is 5. The molecule has 26 heavy (non-hydrogen) atoms. The van der Waals surface area contributed by atoms with Gasteiger partial charge in [-0.25, -0.2) is 0 Å². The number of carbonyl (C=O) groups excluding carboxylic acids is 1. The molecule has 132 valence electrons.